The lowest BCUT2D eigenvalue weighted by Crippen LogP contribution is -2.12. The van der Waals surface area contributed by atoms with Crippen LogP contribution in [0.1, 0.15) is 21.5 Å². The molecule has 0 bridgehead atoms. The molecule has 0 unspecified atom stereocenters. The van der Waals surface area contributed by atoms with Crippen molar-refractivity contribution >= 4 is 30.1 Å². The number of carbonyl (C=O) groups excluding carboxylic acids is 1. The van der Waals surface area contributed by atoms with Crippen molar-refractivity contribution in [3.8, 4) is 0 Å². The van der Waals surface area contributed by atoms with E-state index in [4.69, 9.17) is 0 Å². The second-order valence-corrected chi connectivity index (χ2v) is 4.43. The average molecular weight is 264 g/mol. The minimum absolute atomic E-state index is 0.170. The zero-order chi connectivity index (χ0) is 14.5. The highest BCUT2D eigenvalue weighted by Crippen LogP contribution is 2.30. The number of rotatable bonds is 4. The number of aryl methyl sites for hydroxylation is 1. The van der Waals surface area contributed by atoms with E-state index in [1.807, 2.05) is 31.2 Å². The largest absolute Gasteiger partial charge is 0.320 e. The molecular formula is C17H16N2O. The number of amides is 1. The number of nitrogens with zero attached hydrogens (tertiary/aromatic N) is 1. The molecule has 0 radical (unpaired) electrons. The van der Waals surface area contributed by atoms with Gasteiger partial charge in [0.15, 0.2) is 0 Å². The summed E-state index contributed by atoms with van der Waals surface area (Å²) in [5, 5.41) is 2.85. The Morgan fingerprint density at radius 3 is 2.50 bits per heavy atom. The third-order valence-corrected chi connectivity index (χ3v) is 3.01. The molecule has 3 heteroatoms. The molecule has 0 atom stereocenters. The summed E-state index contributed by atoms with van der Waals surface area (Å²) in [6.07, 6.45) is 1.69. The second kappa shape index (κ2) is 5.97. The van der Waals surface area contributed by atoms with Gasteiger partial charge in [-0.15, -0.1) is 0 Å². The number of nitrogens with one attached hydrogen (secondary N) is 1. The third kappa shape index (κ3) is 2.83. The van der Waals surface area contributed by atoms with Crippen molar-refractivity contribution in [3.63, 3.8) is 0 Å². The predicted molar refractivity (Wildman–Crippen MR) is 84.9 cm³/mol. The van der Waals surface area contributed by atoms with Crippen molar-refractivity contribution < 1.29 is 4.79 Å². The van der Waals surface area contributed by atoms with Gasteiger partial charge in [0.2, 0.25) is 0 Å². The zero-order valence-electron chi connectivity index (χ0n) is 11.4. The Morgan fingerprint density at radius 2 is 1.90 bits per heavy atom. The van der Waals surface area contributed by atoms with Crippen LogP contribution in [0.4, 0.5) is 11.4 Å². The summed E-state index contributed by atoms with van der Waals surface area (Å²) in [7, 11) is 0. The highest BCUT2D eigenvalue weighted by atomic mass is 16.1. The molecule has 0 heterocycles. The minimum atomic E-state index is -0.170. The predicted octanol–water partition coefficient (Wildman–Crippen LogP) is 4.22. The van der Waals surface area contributed by atoms with Crippen LogP contribution in [-0.4, -0.2) is 12.6 Å². The lowest BCUT2D eigenvalue weighted by Gasteiger charge is -2.10. The van der Waals surface area contributed by atoms with Gasteiger partial charge in [-0.1, -0.05) is 42.5 Å². The molecule has 0 aromatic heterocycles. The van der Waals surface area contributed by atoms with Crippen molar-refractivity contribution in [1.82, 2.24) is 0 Å². The number of aliphatic imine (C=N–C) groups is 1. The maximum Gasteiger partial charge on any atom is 0.255 e. The molecule has 2 rings (SSSR count). The van der Waals surface area contributed by atoms with Gasteiger partial charge in [-0.2, -0.15) is 0 Å². The highest BCUT2D eigenvalue weighted by molar-refractivity contribution is 6.06. The molecule has 2 aromatic carbocycles. The number of hydrogen-bond donors (Lipinski definition) is 1. The van der Waals surface area contributed by atoms with E-state index in [0.717, 1.165) is 11.1 Å². The third-order valence-electron chi connectivity index (χ3n) is 3.01. The van der Waals surface area contributed by atoms with E-state index in [2.05, 4.69) is 23.6 Å². The van der Waals surface area contributed by atoms with Crippen molar-refractivity contribution in [2.24, 2.45) is 4.99 Å². The van der Waals surface area contributed by atoms with Crippen LogP contribution >= 0.6 is 0 Å². The molecule has 100 valence electrons. The summed E-state index contributed by atoms with van der Waals surface area (Å²) < 4.78 is 0. The van der Waals surface area contributed by atoms with E-state index in [1.54, 1.807) is 24.3 Å². The molecule has 1 N–H and O–H groups in total. The Bertz CT molecular complexity index is 657. The fourth-order valence-corrected chi connectivity index (χ4v) is 1.90. The van der Waals surface area contributed by atoms with Crippen LogP contribution in [-0.2, 0) is 0 Å². The number of benzene rings is 2. The Morgan fingerprint density at radius 1 is 1.20 bits per heavy atom. The molecule has 20 heavy (non-hydrogen) atoms. The van der Waals surface area contributed by atoms with Gasteiger partial charge in [0, 0.05) is 11.1 Å². The first-order valence-corrected chi connectivity index (χ1v) is 6.26. The fraction of sp³-hybridized carbons (Fsp3) is 0.0588. The Kier molecular flexibility index (Phi) is 4.11. The lowest BCUT2D eigenvalue weighted by molar-refractivity contribution is 0.102. The summed E-state index contributed by atoms with van der Waals surface area (Å²) >= 11 is 0. The van der Waals surface area contributed by atoms with Crippen LogP contribution in [0.5, 0.6) is 0 Å². The Balaban J connectivity index is 2.30. The Labute approximate surface area is 118 Å². The number of anilines is 1. The summed E-state index contributed by atoms with van der Waals surface area (Å²) in [6, 6.07) is 12.9. The molecule has 0 aliphatic carbocycles. The quantitative estimate of drug-likeness (QED) is 0.825. The van der Waals surface area contributed by atoms with Gasteiger partial charge < -0.3 is 5.32 Å². The fourth-order valence-electron chi connectivity index (χ4n) is 1.90. The number of hydrogen-bond acceptors (Lipinski definition) is 2. The van der Waals surface area contributed by atoms with Crippen LogP contribution in [0, 0.1) is 6.92 Å². The SMILES string of the molecule is C=Cc1cccc(NC(=O)c2ccc(C)cc2)c1N=C. The minimum Gasteiger partial charge on any atom is -0.320 e. The first kappa shape index (κ1) is 13.7. The van der Waals surface area contributed by atoms with E-state index in [0.29, 0.717) is 16.9 Å². The second-order valence-electron chi connectivity index (χ2n) is 4.43. The normalized spacial score (nSPS) is 9.85. The molecule has 1 amide bonds. The molecule has 2 aromatic rings. The topological polar surface area (TPSA) is 41.5 Å². The molecule has 0 spiro atoms. The van der Waals surface area contributed by atoms with Gasteiger partial charge in [0.1, 0.15) is 0 Å². The summed E-state index contributed by atoms with van der Waals surface area (Å²) in [5.74, 6) is -0.170. The highest BCUT2D eigenvalue weighted by Gasteiger charge is 2.10. The van der Waals surface area contributed by atoms with E-state index < -0.39 is 0 Å². The molecule has 0 fully saturated rings. The molecule has 0 saturated carbocycles. The molecule has 0 aliphatic rings. The van der Waals surface area contributed by atoms with Gasteiger partial charge in [-0.25, -0.2) is 0 Å². The first-order chi connectivity index (χ1) is 9.65. The van der Waals surface area contributed by atoms with E-state index in [-0.39, 0.29) is 5.91 Å². The first-order valence-electron chi connectivity index (χ1n) is 6.26. The molecule has 0 aliphatic heterocycles. The monoisotopic (exact) mass is 264 g/mol. The lowest BCUT2D eigenvalue weighted by atomic mass is 10.1. The van der Waals surface area contributed by atoms with Crippen molar-refractivity contribution in [1.29, 1.82) is 0 Å². The van der Waals surface area contributed by atoms with Gasteiger partial charge in [-0.05, 0) is 31.8 Å². The van der Waals surface area contributed by atoms with Crippen LogP contribution < -0.4 is 5.32 Å². The maximum absolute atomic E-state index is 12.2. The van der Waals surface area contributed by atoms with Crippen LogP contribution in [0.15, 0.2) is 54.0 Å². The average Bonchev–Trinajstić information content (AvgIpc) is 2.47. The standard InChI is InChI=1S/C17H16N2O/c1-4-13-6-5-7-15(16(13)18-3)19-17(20)14-10-8-12(2)9-11-14/h4-11H,1,3H2,2H3,(H,19,20). The maximum atomic E-state index is 12.2. The van der Waals surface area contributed by atoms with E-state index >= 15 is 0 Å². The smallest absolute Gasteiger partial charge is 0.255 e. The molecular weight excluding hydrogens is 248 g/mol. The van der Waals surface area contributed by atoms with Crippen LogP contribution in [0.2, 0.25) is 0 Å². The molecule has 3 nitrogen and oxygen atoms in total. The van der Waals surface area contributed by atoms with Crippen molar-refractivity contribution in [2.45, 2.75) is 6.92 Å². The Hall–Kier alpha value is -2.68. The summed E-state index contributed by atoms with van der Waals surface area (Å²) in [5.41, 5.74) is 3.81. The van der Waals surface area contributed by atoms with Gasteiger partial charge in [0.25, 0.3) is 5.91 Å². The molecule has 0 saturated heterocycles. The van der Waals surface area contributed by atoms with Gasteiger partial charge in [-0.3, -0.25) is 9.79 Å². The van der Waals surface area contributed by atoms with Gasteiger partial charge >= 0.3 is 0 Å². The zero-order valence-corrected chi connectivity index (χ0v) is 11.4. The van der Waals surface area contributed by atoms with Crippen molar-refractivity contribution in [3.05, 3.63) is 65.7 Å². The van der Waals surface area contributed by atoms with Crippen LogP contribution in [0.3, 0.4) is 0 Å². The summed E-state index contributed by atoms with van der Waals surface area (Å²) in [4.78, 5) is 16.2. The van der Waals surface area contributed by atoms with E-state index in [1.165, 1.54) is 0 Å². The summed E-state index contributed by atoms with van der Waals surface area (Å²) in [6.45, 7) is 9.25. The van der Waals surface area contributed by atoms with E-state index in [9.17, 15) is 4.79 Å². The number of carbonyl (C=O) groups is 1. The number of para-hydroxylation sites is 1. The van der Waals surface area contributed by atoms with Gasteiger partial charge in [0.05, 0.1) is 11.4 Å². The van der Waals surface area contributed by atoms with Crippen LogP contribution in [0.25, 0.3) is 6.08 Å². The van der Waals surface area contributed by atoms with Crippen molar-refractivity contribution in [2.75, 3.05) is 5.32 Å².